The highest BCUT2D eigenvalue weighted by Gasteiger charge is 2.22. The Morgan fingerprint density at radius 2 is 1.92 bits per heavy atom. The molecule has 126 valence electrons. The molecule has 2 aromatic rings. The molecule has 0 aliphatic heterocycles. The predicted octanol–water partition coefficient (Wildman–Crippen LogP) is 3.92. The number of carboxylic acid groups (broad SMARTS) is 1. The first-order valence-electron chi connectivity index (χ1n) is 7.09. The molecule has 5 nitrogen and oxygen atoms in total. The van der Waals surface area contributed by atoms with E-state index in [1.807, 2.05) is 6.07 Å². The van der Waals surface area contributed by atoms with Crippen molar-refractivity contribution in [1.29, 1.82) is 0 Å². The number of alkyl carbamates (subject to hydrolysis) is 1. The number of ether oxygens (including phenoxy) is 1. The van der Waals surface area contributed by atoms with Gasteiger partial charge in [0.1, 0.15) is 12.4 Å². The van der Waals surface area contributed by atoms with Crippen molar-refractivity contribution in [1.82, 2.24) is 5.32 Å². The summed E-state index contributed by atoms with van der Waals surface area (Å²) in [6.07, 6.45) is -1.32. The molecule has 2 aromatic carbocycles. The van der Waals surface area contributed by atoms with Gasteiger partial charge in [-0.25, -0.2) is 9.18 Å². The maximum Gasteiger partial charge on any atom is 0.407 e. The van der Waals surface area contributed by atoms with E-state index in [4.69, 9.17) is 21.4 Å². The summed E-state index contributed by atoms with van der Waals surface area (Å²) in [5.41, 5.74) is 0.804. The summed E-state index contributed by atoms with van der Waals surface area (Å²) in [5.74, 6) is -1.88. The van der Waals surface area contributed by atoms with Crippen LogP contribution in [0.15, 0.2) is 48.5 Å². The number of halogens is 2. The predicted molar refractivity (Wildman–Crippen MR) is 86.2 cm³/mol. The highest BCUT2D eigenvalue weighted by molar-refractivity contribution is 6.30. The SMILES string of the molecule is O=C(O)CC(NC(=O)OCc1ccccc1)c1ccc(Cl)cc1F. The van der Waals surface area contributed by atoms with Crippen LogP contribution < -0.4 is 5.32 Å². The van der Waals surface area contributed by atoms with Crippen LogP contribution in [0.3, 0.4) is 0 Å². The largest absolute Gasteiger partial charge is 0.481 e. The van der Waals surface area contributed by atoms with Gasteiger partial charge < -0.3 is 15.2 Å². The molecule has 24 heavy (non-hydrogen) atoms. The molecular formula is C17H15ClFNO4. The van der Waals surface area contributed by atoms with Crippen molar-refractivity contribution in [3.63, 3.8) is 0 Å². The van der Waals surface area contributed by atoms with Gasteiger partial charge in [0, 0.05) is 10.6 Å². The van der Waals surface area contributed by atoms with Crippen LogP contribution in [-0.2, 0) is 16.1 Å². The van der Waals surface area contributed by atoms with E-state index >= 15 is 0 Å². The molecule has 0 saturated carbocycles. The number of carbonyl (C=O) groups excluding carboxylic acids is 1. The normalized spacial score (nSPS) is 11.6. The number of hydrogen-bond acceptors (Lipinski definition) is 3. The molecular weight excluding hydrogens is 337 g/mol. The molecule has 1 unspecified atom stereocenters. The first kappa shape index (κ1) is 17.7. The lowest BCUT2D eigenvalue weighted by molar-refractivity contribution is -0.137. The Labute approximate surface area is 143 Å². The second kappa shape index (κ2) is 8.31. The van der Waals surface area contributed by atoms with E-state index in [-0.39, 0.29) is 17.2 Å². The van der Waals surface area contributed by atoms with Crippen molar-refractivity contribution in [2.75, 3.05) is 0 Å². The van der Waals surface area contributed by atoms with Gasteiger partial charge >= 0.3 is 12.1 Å². The van der Waals surface area contributed by atoms with E-state index in [1.54, 1.807) is 24.3 Å². The van der Waals surface area contributed by atoms with Crippen LogP contribution in [0, 0.1) is 5.82 Å². The number of amides is 1. The van der Waals surface area contributed by atoms with Crippen LogP contribution >= 0.6 is 11.6 Å². The molecule has 0 heterocycles. The Hall–Kier alpha value is -2.60. The van der Waals surface area contributed by atoms with Crippen LogP contribution in [0.25, 0.3) is 0 Å². The maximum atomic E-state index is 14.0. The van der Waals surface area contributed by atoms with Gasteiger partial charge in [0.05, 0.1) is 12.5 Å². The van der Waals surface area contributed by atoms with Crippen molar-refractivity contribution in [2.45, 2.75) is 19.1 Å². The second-order valence-electron chi connectivity index (χ2n) is 5.02. The van der Waals surface area contributed by atoms with E-state index in [2.05, 4.69) is 5.32 Å². The molecule has 0 spiro atoms. The lowest BCUT2D eigenvalue weighted by Gasteiger charge is -2.18. The van der Waals surface area contributed by atoms with Crippen molar-refractivity contribution in [3.05, 3.63) is 70.5 Å². The number of aliphatic carboxylic acids is 1. The number of nitrogens with one attached hydrogen (secondary N) is 1. The van der Waals surface area contributed by atoms with Crippen LogP contribution in [0.5, 0.6) is 0 Å². The molecule has 0 fully saturated rings. The molecule has 0 aliphatic carbocycles. The minimum Gasteiger partial charge on any atom is -0.481 e. The standard InChI is InChI=1S/C17H15ClFNO4/c18-12-6-7-13(14(19)8-12)15(9-16(21)22)20-17(23)24-10-11-4-2-1-3-5-11/h1-8,15H,9-10H2,(H,20,23)(H,21,22). The van der Waals surface area contributed by atoms with E-state index in [0.29, 0.717) is 0 Å². The first-order valence-corrected chi connectivity index (χ1v) is 7.47. The lowest BCUT2D eigenvalue weighted by Crippen LogP contribution is -2.31. The zero-order valence-corrected chi connectivity index (χ0v) is 13.3. The number of hydrogen-bond donors (Lipinski definition) is 2. The van der Waals surface area contributed by atoms with Gasteiger partial charge in [-0.2, -0.15) is 0 Å². The summed E-state index contributed by atoms with van der Waals surface area (Å²) in [6.45, 7) is 0.0234. The second-order valence-corrected chi connectivity index (χ2v) is 5.46. The van der Waals surface area contributed by atoms with Gasteiger partial charge in [0.2, 0.25) is 0 Å². The third-order valence-corrected chi connectivity index (χ3v) is 3.46. The number of carboxylic acids is 1. The molecule has 0 aliphatic rings. The molecule has 7 heteroatoms. The van der Waals surface area contributed by atoms with Gasteiger partial charge in [-0.15, -0.1) is 0 Å². The molecule has 0 radical (unpaired) electrons. The van der Waals surface area contributed by atoms with Crippen LogP contribution in [0.2, 0.25) is 5.02 Å². The number of benzene rings is 2. The fraction of sp³-hybridized carbons (Fsp3) is 0.176. The fourth-order valence-electron chi connectivity index (χ4n) is 2.10. The minimum atomic E-state index is -1.18. The van der Waals surface area contributed by atoms with Gasteiger partial charge in [-0.05, 0) is 17.7 Å². The van der Waals surface area contributed by atoms with Gasteiger partial charge in [0.25, 0.3) is 0 Å². The summed E-state index contributed by atoms with van der Waals surface area (Å²) in [7, 11) is 0. The third-order valence-electron chi connectivity index (χ3n) is 3.22. The van der Waals surface area contributed by atoms with Crippen molar-refractivity contribution in [3.8, 4) is 0 Å². The summed E-state index contributed by atoms with van der Waals surface area (Å²) in [6, 6.07) is 11.7. The van der Waals surface area contributed by atoms with Crippen LogP contribution in [-0.4, -0.2) is 17.2 Å². The Bertz CT molecular complexity index is 724. The van der Waals surface area contributed by atoms with E-state index in [9.17, 15) is 14.0 Å². The van der Waals surface area contributed by atoms with Crippen LogP contribution in [0.4, 0.5) is 9.18 Å². The van der Waals surface area contributed by atoms with Gasteiger partial charge in [-0.3, -0.25) is 4.79 Å². The molecule has 2 N–H and O–H groups in total. The van der Waals surface area contributed by atoms with Crippen molar-refractivity contribution in [2.24, 2.45) is 0 Å². The zero-order valence-electron chi connectivity index (χ0n) is 12.5. The highest BCUT2D eigenvalue weighted by Crippen LogP contribution is 2.23. The molecule has 0 bridgehead atoms. The van der Waals surface area contributed by atoms with E-state index in [1.165, 1.54) is 12.1 Å². The van der Waals surface area contributed by atoms with Gasteiger partial charge in [0.15, 0.2) is 0 Å². The Morgan fingerprint density at radius 1 is 1.21 bits per heavy atom. The van der Waals surface area contributed by atoms with Gasteiger partial charge in [-0.1, -0.05) is 48.0 Å². The fourth-order valence-corrected chi connectivity index (χ4v) is 2.26. The minimum absolute atomic E-state index is 0.0234. The third kappa shape index (κ3) is 5.24. The zero-order chi connectivity index (χ0) is 17.5. The summed E-state index contributed by atoms with van der Waals surface area (Å²) >= 11 is 5.68. The smallest absolute Gasteiger partial charge is 0.407 e. The number of rotatable bonds is 6. The molecule has 1 atom stereocenters. The quantitative estimate of drug-likeness (QED) is 0.827. The summed E-state index contributed by atoms with van der Waals surface area (Å²) in [5, 5.41) is 11.5. The monoisotopic (exact) mass is 351 g/mol. The Morgan fingerprint density at radius 3 is 2.54 bits per heavy atom. The lowest BCUT2D eigenvalue weighted by atomic mass is 10.0. The molecule has 1 amide bonds. The maximum absolute atomic E-state index is 14.0. The number of carbonyl (C=O) groups is 2. The average molecular weight is 352 g/mol. The Balaban J connectivity index is 2.05. The van der Waals surface area contributed by atoms with E-state index < -0.39 is 30.3 Å². The van der Waals surface area contributed by atoms with Crippen molar-refractivity contribution < 1.29 is 23.8 Å². The topological polar surface area (TPSA) is 75.6 Å². The average Bonchev–Trinajstić information content (AvgIpc) is 2.53. The summed E-state index contributed by atoms with van der Waals surface area (Å²) in [4.78, 5) is 22.9. The molecule has 0 aromatic heterocycles. The van der Waals surface area contributed by atoms with E-state index in [0.717, 1.165) is 11.6 Å². The Kier molecular flexibility index (Phi) is 6.14. The van der Waals surface area contributed by atoms with Crippen LogP contribution in [0.1, 0.15) is 23.6 Å². The van der Waals surface area contributed by atoms with Crippen molar-refractivity contribution >= 4 is 23.7 Å². The molecule has 2 rings (SSSR count). The highest BCUT2D eigenvalue weighted by atomic mass is 35.5. The summed E-state index contributed by atoms with van der Waals surface area (Å²) < 4.78 is 19.0. The first-order chi connectivity index (χ1) is 11.5. The molecule has 0 saturated heterocycles.